The van der Waals surface area contributed by atoms with E-state index < -0.39 is 0 Å². The van der Waals surface area contributed by atoms with E-state index in [0.717, 1.165) is 17.4 Å². The highest BCUT2D eigenvalue weighted by Crippen LogP contribution is 2.44. The third-order valence-corrected chi connectivity index (χ3v) is 6.28. The average Bonchev–Trinajstić information content (AvgIpc) is 2.40. The van der Waals surface area contributed by atoms with Crippen molar-refractivity contribution in [3.05, 3.63) is 23.0 Å². The Morgan fingerprint density at radius 2 is 1.76 bits per heavy atom. The van der Waals surface area contributed by atoms with Crippen LogP contribution in [0.25, 0.3) is 0 Å². The lowest BCUT2D eigenvalue weighted by molar-refractivity contribution is 0.218. The Balaban J connectivity index is 1.95. The van der Waals surface area contributed by atoms with Gasteiger partial charge in [-0.1, -0.05) is 23.0 Å². The highest BCUT2D eigenvalue weighted by atomic mass is 32.1. The summed E-state index contributed by atoms with van der Waals surface area (Å²) < 4.78 is 0. The molecular formula is C14H23PS2. The van der Waals surface area contributed by atoms with Crippen LogP contribution in [0.2, 0.25) is 0 Å². The summed E-state index contributed by atoms with van der Waals surface area (Å²) >= 11 is 9.04. The van der Waals surface area contributed by atoms with Crippen LogP contribution in [0.3, 0.4) is 0 Å². The van der Waals surface area contributed by atoms with Crippen LogP contribution >= 0.6 is 34.5 Å². The Bertz CT molecular complexity index is 319. The molecule has 96 valence electrons. The minimum Gasteiger partial charge on any atom is -0.179 e. The minimum atomic E-state index is 0.416. The van der Waals surface area contributed by atoms with Crippen LogP contribution in [-0.4, -0.2) is 11.5 Å². The number of hydrogen-bond donors (Lipinski definition) is 2. The van der Waals surface area contributed by atoms with E-state index in [2.05, 4.69) is 46.6 Å². The van der Waals surface area contributed by atoms with Gasteiger partial charge in [-0.25, -0.2) is 0 Å². The first-order valence-electron chi connectivity index (χ1n) is 6.56. The van der Waals surface area contributed by atoms with Gasteiger partial charge in [0.1, 0.15) is 0 Å². The molecule has 0 spiro atoms. The second-order valence-corrected chi connectivity index (χ2v) is 6.95. The molecule has 0 nitrogen and oxygen atoms in total. The van der Waals surface area contributed by atoms with Crippen molar-refractivity contribution in [3.8, 4) is 0 Å². The van der Waals surface area contributed by atoms with Crippen molar-refractivity contribution in [2.24, 2.45) is 11.3 Å². The van der Waals surface area contributed by atoms with Crippen molar-refractivity contribution in [1.29, 1.82) is 0 Å². The molecule has 0 N–H and O–H groups in total. The summed E-state index contributed by atoms with van der Waals surface area (Å²) in [7, 11) is 2.83. The van der Waals surface area contributed by atoms with Gasteiger partial charge in [0.15, 0.2) is 0 Å². The maximum atomic E-state index is 4.52. The van der Waals surface area contributed by atoms with Gasteiger partial charge >= 0.3 is 0 Å². The maximum Gasteiger partial charge on any atom is -0.00333 e. The maximum absolute atomic E-state index is 4.52. The molecule has 1 saturated carbocycles. The van der Waals surface area contributed by atoms with Gasteiger partial charge in [-0.05, 0) is 61.4 Å². The van der Waals surface area contributed by atoms with E-state index >= 15 is 0 Å². The van der Waals surface area contributed by atoms with Gasteiger partial charge in [0, 0.05) is 0 Å². The second-order valence-electron chi connectivity index (χ2n) is 5.57. The fourth-order valence-electron chi connectivity index (χ4n) is 2.98. The zero-order valence-electron chi connectivity index (χ0n) is 10.4. The van der Waals surface area contributed by atoms with E-state index in [0.29, 0.717) is 5.41 Å². The first-order valence-corrected chi connectivity index (χ1v) is 8.40. The van der Waals surface area contributed by atoms with Crippen LogP contribution in [0, 0.1) is 11.3 Å². The molecule has 2 aliphatic carbocycles. The lowest BCUT2D eigenvalue weighted by atomic mass is 9.70. The van der Waals surface area contributed by atoms with Gasteiger partial charge in [-0.2, -0.15) is 25.3 Å². The third kappa shape index (κ3) is 3.33. The van der Waals surface area contributed by atoms with E-state index in [1.807, 2.05) is 0 Å². The van der Waals surface area contributed by atoms with Crippen LogP contribution in [0.1, 0.15) is 38.5 Å². The highest BCUT2D eigenvalue weighted by Gasteiger charge is 2.34. The molecule has 0 bridgehead atoms. The molecule has 2 aliphatic rings. The average molecular weight is 286 g/mol. The van der Waals surface area contributed by atoms with E-state index in [9.17, 15) is 0 Å². The summed E-state index contributed by atoms with van der Waals surface area (Å²) in [6, 6.07) is 0. The molecule has 0 heterocycles. The smallest absolute Gasteiger partial charge is 0.00333 e. The number of thiol groups is 2. The van der Waals surface area contributed by atoms with Gasteiger partial charge in [-0.15, -0.1) is 9.24 Å². The van der Waals surface area contributed by atoms with Gasteiger partial charge in [0.25, 0.3) is 0 Å². The van der Waals surface area contributed by atoms with Crippen molar-refractivity contribution in [1.82, 2.24) is 0 Å². The quantitative estimate of drug-likeness (QED) is 0.554. The van der Waals surface area contributed by atoms with Crippen molar-refractivity contribution in [2.45, 2.75) is 38.5 Å². The van der Waals surface area contributed by atoms with Crippen molar-refractivity contribution in [2.75, 3.05) is 11.5 Å². The monoisotopic (exact) mass is 286 g/mol. The SMILES string of the molecule is PC1=CC=C(C2CCC(CS)(CS)CC2)CC1. The Morgan fingerprint density at radius 3 is 2.24 bits per heavy atom. The predicted octanol–water partition coefficient (Wildman–Crippen LogP) is 4.50. The first-order chi connectivity index (χ1) is 8.19. The molecule has 0 amide bonds. The zero-order valence-corrected chi connectivity index (χ0v) is 13.3. The molecule has 0 aromatic heterocycles. The molecular weight excluding hydrogens is 263 g/mol. The zero-order chi connectivity index (χ0) is 12.3. The standard InChI is InChI=1S/C14H23PS2/c15-13-3-1-11(2-4-13)12-5-7-14(9-16,10-17)8-6-12/h1,3,12,16-17H,2,4-10,15H2. The topological polar surface area (TPSA) is 0 Å². The third-order valence-electron chi connectivity index (χ3n) is 4.46. The van der Waals surface area contributed by atoms with Gasteiger partial charge in [0.05, 0.1) is 0 Å². The molecule has 3 heteroatoms. The normalized spacial score (nSPS) is 25.4. The predicted molar refractivity (Wildman–Crippen MR) is 87.2 cm³/mol. The Kier molecular flexibility index (Phi) is 5.09. The fraction of sp³-hybridized carbons (Fsp3) is 0.714. The van der Waals surface area contributed by atoms with Gasteiger partial charge in [0.2, 0.25) is 0 Å². The van der Waals surface area contributed by atoms with Crippen LogP contribution in [0.4, 0.5) is 0 Å². The second kappa shape index (κ2) is 6.17. The summed E-state index contributed by atoms with van der Waals surface area (Å²) in [5, 5.41) is 1.45. The van der Waals surface area contributed by atoms with E-state index in [1.165, 1.54) is 43.8 Å². The van der Waals surface area contributed by atoms with E-state index in [4.69, 9.17) is 0 Å². The highest BCUT2D eigenvalue weighted by molar-refractivity contribution is 7.81. The summed E-state index contributed by atoms with van der Waals surface area (Å²) in [5.74, 6) is 2.83. The molecule has 0 aromatic rings. The van der Waals surface area contributed by atoms with Gasteiger partial charge in [-0.3, -0.25) is 0 Å². The van der Waals surface area contributed by atoms with Crippen LogP contribution in [0.15, 0.2) is 23.0 Å². The molecule has 1 fully saturated rings. The lowest BCUT2D eigenvalue weighted by Gasteiger charge is -2.39. The Labute approximate surface area is 119 Å². The van der Waals surface area contributed by atoms with E-state index in [-0.39, 0.29) is 0 Å². The van der Waals surface area contributed by atoms with Crippen LogP contribution in [0.5, 0.6) is 0 Å². The molecule has 0 radical (unpaired) electrons. The number of allylic oxidation sites excluding steroid dienone is 4. The van der Waals surface area contributed by atoms with Gasteiger partial charge < -0.3 is 0 Å². The van der Waals surface area contributed by atoms with Crippen LogP contribution in [-0.2, 0) is 0 Å². The molecule has 17 heavy (non-hydrogen) atoms. The Hall–Kier alpha value is 0.610. The van der Waals surface area contributed by atoms with Crippen molar-refractivity contribution in [3.63, 3.8) is 0 Å². The van der Waals surface area contributed by atoms with E-state index in [1.54, 1.807) is 5.57 Å². The number of rotatable bonds is 3. The first kappa shape index (κ1) is 14.0. The molecule has 0 saturated heterocycles. The van der Waals surface area contributed by atoms with Crippen LogP contribution < -0.4 is 0 Å². The fourth-order valence-corrected chi connectivity index (χ4v) is 4.25. The lowest BCUT2D eigenvalue weighted by Crippen LogP contribution is -2.31. The van der Waals surface area contributed by atoms with Crippen molar-refractivity contribution >= 4 is 34.5 Å². The molecule has 1 atom stereocenters. The number of hydrogen-bond acceptors (Lipinski definition) is 2. The molecule has 1 unspecified atom stereocenters. The minimum absolute atomic E-state index is 0.416. The summed E-state index contributed by atoms with van der Waals surface area (Å²) in [6.45, 7) is 0. The Morgan fingerprint density at radius 1 is 1.12 bits per heavy atom. The molecule has 2 rings (SSSR count). The molecule has 0 aliphatic heterocycles. The summed E-state index contributed by atoms with van der Waals surface area (Å²) in [6.07, 6.45) is 12.4. The largest absolute Gasteiger partial charge is 0.179 e. The van der Waals surface area contributed by atoms with Crippen molar-refractivity contribution < 1.29 is 0 Å². The summed E-state index contributed by atoms with van der Waals surface area (Å²) in [4.78, 5) is 0. The molecule has 0 aromatic carbocycles. The summed E-state index contributed by atoms with van der Waals surface area (Å²) in [5.41, 5.74) is 2.10.